The highest BCUT2D eigenvalue weighted by Gasteiger charge is 2.37. The van der Waals surface area contributed by atoms with Crippen LogP contribution in [0.2, 0.25) is 0 Å². The van der Waals surface area contributed by atoms with E-state index < -0.39 is 11.9 Å². The molecule has 0 aromatic heterocycles. The van der Waals surface area contributed by atoms with E-state index in [0.29, 0.717) is 0 Å². The number of rotatable bonds is 3. The topological polar surface area (TPSA) is 81.1 Å². The van der Waals surface area contributed by atoms with Crippen LogP contribution in [0.5, 0.6) is 0 Å². The number of aliphatic carboxylic acids is 2. The smallest absolute Gasteiger partial charge is 0.414 e. The molecule has 152 valence electrons. The number of hydrogen-bond acceptors (Lipinski definition) is 4. The zero-order valence-corrected chi connectivity index (χ0v) is 16.4. The van der Waals surface area contributed by atoms with Crippen LogP contribution in [-0.4, -0.2) is 70.7 Å². The van der Waals surface area contributed by atoms with E-state index in [-0.39, 0.29) is 0 Å². The van der Waals surface area contributed by atoms with E-state index in [1.54, 1.807) is 0 Å². The predicted octanol–water partition coefficient (Wildman–Crippen LogP) is 2.55. The Balaban J connectivity index is 0.000000307. The molecule has 2 saturated carbocycles. The van der Waals surface area contributed by atoms with Crippen molar-refractivity contribution >= 4 is 11.9 Å². The molecule has 6 nitrogen and oxygen atoms in total. The Bertz CT molecular complexity index is 544. The molecule has 0 amide bonds. The van der Waals surface area contributed by atoms with Gasteiger partial charge >= 0.3 is 11.9 Å². The minimum Gasteiger partial charge on any atom is -0.473 e. The van der Waals surface area contributed by atoms with Crippen molar-refractivity contribution in [3.63, 3.8) is 0 Å². The highest BCUT2D eigenvalue weighted by atomic mass is 16.4. The summed E-state index contributed by atoms with van der Waals surface area (Å²) in [5.74, 6) is 0.145. The van der Waals surface area contributed by atoms with Crippen molar-refractivity contribution in [2.45, 2.75) is 51.5 Å². The van der Waals surface area contributed by atoms with Crippen molar-refractivity contribution in [3.8, 4) is 0 Å². The molecule has 3 fully saturated rings. The van der Waals surface area contributed by atoms with Crippen LogP contribution in [0.25, 0.3) is 0 Å². The average Bonchev–Trinajstić information content (AvgIpc) is 3.26. The summed E-state index contributed by atoms with van der Waals surface area (Å²) in [6, 6.07) is 0.904. The molecule has 5 atom stereocenters. The minimum absolute atomic E-state index is 0.904. The summed E-state index contributed by atoms with van der Waals surface area (Å²) in [7, 11) is 0. The molecule has 2 bridgehead atoms. The van der Waals surface area contributed by atoms with Crippen LogP contribution in [0, 0.1) is 23.7 Å². The molecule has 3 aliphatic carbocycles. The van der Waals surface area contributed by atoms with Gasteiger partial charge in [-0.1, -0.05) is 31.9 Å². The first-order valence-electron chi connectivity index (χ1n) is 10.5. The Labute approximate surface area is 162 Å². The fraction of sp³-hybridized carbons (Fsp3) is 0.810. The van der Waals surface area contributed by atoms with Gasteiger partial charge in [0.05, 0.1) is 0 Å². The van der Waals surface area contributed by atoms with Crippen LogP contribution in [0.15, 0.2) is 12.2 Å². The van der Waals surface area contributed by atoms with Crippen molar-refractivity contribution < 1.29 is 19.8 Å². The van der Waals surface area contributed by atoms with Crippen molar-refractivity contribution in [3.05, 3.63) is 12.2 Å². The zero-order chi connectivity index (χ0) is 19.4. The Morgan fingerprint density at radius 2 is 1.67 bits per heavy atom. The van der Waals surface area contributed by atoms with Gasteiger partial charge in [0.25, 0.3) is 0 Å². The van der Waals surface area contributed by atoms with E-state index in [2.05, 4.69) is 28.9 Å². The highest BCUT2D eigenvalue weighted by Crippen LogP contribution is 2.43. The van der Waals surface area contributed by atoms with E-state index >= 15 is 0 Å². The molecule has 6 heteroatoms. The molecule has 0 spiro atoms. The average molecular weight is 379 g/mol. The fourth-order valence-electron chi connectivity index (χ4n) is 5.48. The molecule has 5 unspecified atom stereocenters. The summed E-state index contributed by atoms with van der Waals surface area (Å²) < 4.78 is 0. The van der Waals surface area contributed by atoms with E-state index in [1.807, 2.05) is 0 Å². The van der Waals surface area contributed by atoms with Crippen LogP contribution in [-0.2, 0) is 9.59 Å². The highest BCUT2D eigenvalue weighted by molar-refractivity contribution is 6.27. The number of carboxylic acids is 2. The molecule has 0 aromatic rings. The van der Waals surface area contributed by atoms with Gasteiger partial charge in [-0.15, -0.1) is 0 Å². The summed E-state index contributed by atoms with van der Waals surface area (Å²) in [5.41, 5.74) is 0. The molecule has 0 aromatic carbocycles. The molecule has 1 saturated heterocycles. The standard InChI is InChI=1S/C19H32N2.C2H2O4/c1-15-3-2-4-19(11-15)21-9-7-20(8-10-21)14-18-13-16-5-6-17(18)12-16;3-1(4)2(5)6/h5-6,15-19H,2-4,7-14H2,1H3;(H,3,4)(H,5,6). The first kappa shape index (κ1) is 20.3. The van der Waals surface area contributed by atoms with Crippen molar-refractivity contribution in [2.75, 3.05) is 32.7 Å². The molecule has 0 radical (unpaired) electrons. The maximum absolute atomic E-state index is 9.10. The maximum Gasteiger partial charge on any atom is 0.414 e. The quantitative estimate of drug-likeness (QED) is 0.580. The normalized spacial score (nSPS) is 36.3. The third-order valence-corrected chi connectivity index (χ3v) is 6.92. The van der Waals surface area contributed by atoms with Gasteiger partial charge in [-0.25, -0.2) is 9.59 Å². The summed E-state index contributed by atoms with van der Waals surface area (Å²) in [4.78, 5) is 23.8. The zero-order valence-electron chi connectivity index (χ0n) is 16.4. The van der Waals surface area contributed by atoms with Gasteiger partial charge in [0, 0.05) is 38.8 Å². The van der Waals surface area contributed by atoms with Crippen LogP contribution in [0.1, 0.15) is 45.4 Å². The number of carbonyl (C=O) groups is 2. The molecular formula is C21H34N2O4. The first-order valence-corrected chi connectivity index (χ1v) is 10.5. The fourth-order valence-corrected chi connectivity index (χ4v) is 5.48. The number of piperazine rings is 1. The summed E-state index contributed by atoms with van der Waals surface area (Å²) in [5, 5.41) is 14.8. The van der Waals surface area contributed by atoms with Crippen molar-refractivity contribution in [2.24, 2.45) is 23.7 Å². The lowest BCUT2D eigenvalue weighted by Gasteiger charge is -2.42. The number of allylic oxidation sites excluding steroid dienone is 2. The predicted molar refractivity (Wildman–Crippen MR) is 104 cm³/mol. The molecule has 1 heterocycles. The minimum atomic E-state index is -1.82. The molecule has 1 aliphatic heterocycles. The number of carboxylic acid groups (broad SMARTS) is 2. The van der Waals surface area contributed by atoms with Gasteiger partial charge in [-0.05, 0) is 49.4 Å². The largest absolute Gasteiger partial charge is 0.473 e. The molecule has 4 aliphatic rings. The van der Waals surface area contributed by atoms with Crippen LogP contribution in [0.4, 0.5) is 0 Å². The van der Waals surface area contributed by atoms with E-state index in [9.17, 15) is 0 Å². The molecule has 2 N–H and O–H groups in total. The van der Waals surface area contributed by atoms with E-state index in [4.69, 9.17) is 19.8 Å². The maximum atomic E-state index is 9.10. The third kappa shape index (κ3) is 5.55. The lowest BCUT2D eigenvalue weighted by Crippen LogP contribution is -2.52. The van der Waals surface area contributed by atoms with Crippen molar-refractivity contribution in [1.29, 1.82) is 0 Å². The van der Waals surface area contributed by atoms with E-state index in [0.717, 1.165) is 29.7 Å². The van der Waals surface area contributed by atoms with Crippen LogP contribution in [0.3, 0.4) is 0 Å². The van der Waals surface area contributed by atoms with Gasteiger partial charge in [0.2, 0.25) is 0 Å². The molecule has 4 rings (SSSR count). The monoisotopic (exact) mass is 378 g/mol. The number of hydrogen-bond donors (Lipinski definition) is 2. The Morgan fingerprint density at radius 3 is 2.19 bits per heavy atom. The van der Waals surface area contributed by atoms with Crippen LogP contribution >= 0.6 is 0 Å². The lowest BCUT2D eigenvalue weighted by molar-refractivity contribution is -0.159. The Morgan fingerprint density at radius 1 is 0.963 bits per heavy atom. The molecular weight excluding hydrogens is 344 g/mol. The number of fused-ring (bicyclic) bond motifs is 2. The second-order valence-corrected chi connectivity index (χ2v) is 8.91. The second kappa shape index (κ2) is 9.20. The SMILES string of the molecule is CC1CCCC(N2CCN(CC3CC4C=CC3C4)CC2)C1.O=C(O)C(=O)O. The second-order valence-electron chi connectivity index (χ2n) is 8.91. The summed E-state index contributed by atoms with van der Waals surface area (Å²) >= 11 is 0. The van der Waals surface area contributed by atoms with E-state index in [1.165, 1.54) is 71.2 Å². The molecule has 27 heavy (non-hydrogen) atoms. The van der Waals surface area contributed by atoms with Gasteiger partial charge < -0.3 is 15.1 Å². The summed E-state index contributed by atoms with van der Waals surface area (Å²) in [6.45, 7) is 9.12. The Hall–Kier alpha value is -1.40. The Kier molecular flexibility index (Phi) is 6.93. The van der Waals surface area contributed by atoms with Gasteiger partial charge in [-0.3, -0.25) is 4.90 Å². The van der Waals surface area contributed by atoms with Gasteiger partial charge in [-0.2, -0.15) is 0 Å². The number of nitrogens with zero attached hydrogens (tertiary/aromatic N) is 2. The van der Waals surface area contributed by atoms with Gasteiger partial charge in [0.15, 0.2) is 0 Å². The van der Waals surface area contributed by atoms with Crippen molar-refractivity contribution in [1.82, 2.24) is 9.80 Å². The summed E-state index contributed by atoms with van der Waals surface area (Å²) in [6.07, 6.45) is 13.8. The first-order chi connectivity index (χ1) is 12.9. The lowest BCUT2D eigenvalue weighted by atomic mass is 9.86. The van der Waals surface area contributed by atoms with Gasteiger partial charge in [0.1, 0.15) is 0 Å². The third-order valence-electron chi connectivity index (χ3n) is 6.92. The van der Waals surface area contributed by atoms with Crippen LogP contribution < -0.4 is 0 Å².